The summed E-state index contributed by atoms with van der Waals surface area (Å²) in [7, 11) is 1.81. The van der Waals surface area contributed by atoms with Gasteiger partial charge < -0.3 is 4.74 Å². The van der Waals surface area contributed by atoms with Gasteiger partial charge in [0.15, 0.2) is 6.29 Å². The molecule has 0 amide bonds. The number of aromatic nitrogens is 2. The first-order valence-corrected chi connectivity index (χ1v) is 4.41. The molecule has 0 aliphatic carbocycles. The van der Waals surface area contributed by atoms with Crippen LogP contribution in [0, 0.1) is 0 Å². The zero-order chi connectivity index (χ0) is 9.26. The number of carbonyl (C=O) groups is 1. The molecular weight excluding hydrogens is 168 g/mol. The molecule has 0 spiro atoms. The van der Waals surface area contributed by atoms with Gasteiger partial charge in [-0.3, -0.25) is 9.48 Å². The minimum Gasteiger partial charge on any atom is -0.372 e. The van der Waals surface area contributed by atoms with Crippen molar-refractivity contribution >= 4 is 6.29 Å². The van der Waals surface area contributed by atoms with Crippen LogP contribution in [0.4, 0.5) is 0 Å². The van der Waals surface area contributed by atoms with Gasteiger partial charge in [0.25, 0.3) is 0 Å². The highest BCUT2D eigenvalue weighted by atomic mass is 16.5. The van der Waals surface area contributed by atoms with E-state index in [1.807, 2.05) is 7.05 Å². The van der Waals surface area contributed by atoms with E-state index < -0.39 is 0 Å². The molecule has 4 heteroatoms. The average molecular weight is 180 g/mol. The third-order valence-corrected chi connectivity index (χ3v) is 2.25. The molecule has 0 saturated carbocycles. The monoisotopic (exact) mass is 180 g/mol. The summed E-state index contributed by atoms with van der Waals surface area (Å²) in [6.45, 7) is 0.777. The van der Waals surface area contributed by atoms with E-state index in [0.29, 0.717) is 5.56 Å². The molecule has 1 aliphatic heterocycles. The SMILES string of the molecule is Cn1cc(C=O)c(C2CCCO2)n1. The Morgan fingerprint density at radius 1 is 1.77 bits per heavy atom. The van der Waals surface area contributed by atoms with Crippen molar-refractivity contribution in [3.8, 4) is 0 Å². The van der Waals surface area contributed by atoms with Crippen LogP contribution in [-0.2, 0) is 11.8 Å². The molecule has 4 nitrogen and oxygen atoms in total. The van der Waals surface area contributed by atoms with E-state index in [9.17, 15) is 4.79 Å². The highest BCUT2D eigenvalue weighted by Crippen LogP contribution is 2.28. The number of nitrogens with zero attached hydrogens (tertiary/aromatic N) is 2. The van der Waals surface area contributed by atoms with E-state index in [-0.39, 0.29) is 6.10 Å². The normalized spacial score (nSPS) is 22.1. The van der Waals surface area contributed by atoms with Crippen LogP contribution in [0.3, 0.4) is 0 Å². The lowest BCUT2D eigenvalue weighted by Gasteiger charge is -2.05. The largest absolute Gasteiger partial charge is 0.372 e. The van der Waals surface area contributed by atoms with Crippen molar-refractivity contribution in [3.05, 3.63) is 17.5 Å². The molecule has 0 radical (unpaired) electrons. The molecular formula is C9H12N2O2. The van der Waals surface area contributed by atoms with E-state index >= 15 is 0 Å². The molecule has 2 heterocycles. The molecule has 0 N–H and O–H groups in total. The van der Waals surface area contributed by atoms with Crippen LogP contribution in [0.5, 0.6) is 0 Å². The van der Waals surface area contributed by atoms with Gasteiger partial charge in [-0.25, -0.2) is 0 Å². The van der Waals surface area contributed by atoms with Crippen LogP contribution in [0.1, 0.15) is 35.0 Å². The van der Waals surface area contributed by atoms with Gasteiger partial charge in [0.1, 0.15) is 11.8 Å². The van der Waals surface area contributed by atoms with Gasteiger partial charge >= 0.3 is 0 Å². The predicted octanol–water partition coefficient (Wildman–Crippen LogP) is 1.08. The number of hydrogen-bond donors (Lipinski definition) is 0. The van der Waals surface area contributed by atoms with Crippen LogP contribution in [0.15, 0.2) is 6.20 Å². The molecule has 1 aromatic rings. The second-order valence-electron chi connectivity index (χ2n) is 3.26. The minimum atomic E-state index is 0.0291. The van der Waals surface area contributed by atoms with Crippen molar-refractivity contribution in [1.82, 2.24) is 9.78 Å². The Balaban J connectivity index is 2.31. The Bertz CT molecular complexity index is 313. The zero-order valence-corrected chi connectivity index (χ0v) is 7.56. The van der Waals surface area contributed by atoms with Gasteiger partial charge in [-0.05, 0) is 12.8 Å². The van der Waals surface area contributed by atoms with Gasteiger partial charge in [0, 0.05) is 19.9 Å². The number of hydrogen-bond acceptors (Lipinski definition) is 3. The molecule has 1 atom stereocenters. The van der Waals surface area contributed by atoms with E-state index in [1.165, 1.54) is 0 Å². The van der Waals surface area contributed by atoms with Crippen molar-refractivity contribution in [2.24, 2.45) is 7.05 Å². The summed E-state index contributed by atoms with van der Waals surface area (Å²) >= 11 is 0. The second kappa shape index (κ2) is 3.30. The van der Waals surface area contributed by atoms with Gasteiger partial charge in [0.2, 0.25) is 0 Å². The fourth-order valence-corrected chi connectivity index (χ4v) is 1.66. The van der Waals surface area contributed by atoms with E-state index in [4.69, 9.17) is 4.74 Å². The molecule has 1 aromatic heterocycles. The van der Waals surface area contributed by atoms with Crippen LogP contribution >= 0.6 is 0 Å². The number of ether oxygens (including phenoxy) is 1. The third-order valence-electron chi connectivity index (χ3n) is 2.25. The highest BCUT2D eigenvalue weighted by Gasteiger charge is 2.23. The minimum absolute atomic E-state index is 0.0291. The molecule has 0 aromatic carbocycles. The van der Waals surface area contributed by atoms with Crippen LogP contribution in [-0.4, -0.2) is 22.7 Å². The fraction of sp³-hybridized carbons (Fsp3) is 0.556. The van der Waals surface area contributed by atoms with Crippen LogP contribution in [0.2, 0.25) is 0 Å². The number of aryl methyl sites for hydroxylation is 1. The molecule has 70 valence electrons. The first-order chi connectivity index (χ1) is 6.31. The maximum atomic E-state index is 10.7. The summed E-state index contributed by atoms with van der Waals surface area (Å²) < 4.78 is 7.11. The topological polar surface area (TPSA) is 44.1 Å². The maximum Gasteiger partial charge on any atom is 0.153 e. The lowest BCUT2D eigenvalue weighted by atomic mass is 10.1. The number of carbonyl (C=O) groups excluding carboxylic acids is 1. The first-order valence-electron chi connectivity index (χ1n) is 4.41. The Morgan fingerprint density at radius 2 is 2.62 bits per heavy atom. The van der Waals surface area contributed by atoms with Gasteiger partial charge in [-0.2, -0.15) is 5.10 Å². The number of aldehydes is 1. The van der Waals surface area contributed by atoms with E-state index in [0.717, 1.165) is 31.4 Å². The third kappa shape index (κ3) is 1.49. The lowest BCUT2D eigenvalue weighted by molar-refractivity contribution is 0.103. The fourth-order valence-electron chi connectivity index (χ4n) is 1.66. The maximum absolute atomic E-state index is 10.7. The smallest absolute Gasteiger partial charge is 0.153 e. The summed E-state index contributed by atoms with van der Waals surface area (Å²) in [5.41, 5.74) is 1.43. The van der Waals surface area contributed by atoms with E-state index in [2.05, 4.69) is 5.10 Å². The molecule has 1 fully saturated rings. The highest BCUT2D eigenvalue weighted by molar-refractivity contribution is 5.76. The molecule has 13 heavy (non-hydrogen) atoms. The standard InChI is InChI=1S/C9H12N2O2/c1-11-5-7(6-12)9(10-11)8-3-2-4-13-8/h5-6,8H,2-4H2,1H3. The Labute approximate surface area is 76.5 Å². The Morgan fingerprint density at radius 3 is 3.23 bits per heavy atom. The van der Waals surface area contributed by atoms with Crippen molar-refractivity contribution in [3.63, 3.8) is 0 Å². The van der Waals surface area contributed by atoms with E-state index in [1.54, 1.807) is 10.9 Å². The van der Waals surface area contributed by atoms with Crippen molar-refractivity contribution in [2.75, 3.05) is 6.61 Å². The summed E-state index contributed by atoms with van der Waals surface area (Å²) in [6, 6.07) is 0. The first kappa shape index (κ1) is 8.44. The summed E-state index contributed by atoms with van der Waals surface area (Å²) in [5, 5.41) is 4.22. The van der Waals surface area contributed by atoms with Gasteiger partial charge in [0.05, 0.1) is 5.56 Å². The quantitative estimate of drug-likeness (QED) is 0.640. The van der Waals surface area contributed by atoms with Crippen molar-refractivity contribution < 1.29 is 9.53 Å². The molecule has 1 saturated heterocycles. The summed E-state index contributed by atoms with van der Waals surface area (Å²) in [4.78, 5) is 10.7. The van der Waals surface area contributed by atoms with Gasteiger partial charge in [-0.15, -0.1) is 0 Å². The molecule has 0 bridgehead atoms. The number of rotatable bonds is 2. The zero-order valence-electron chi connectivity index (χ0n) is 7.56. The average Bonchev–Trinajstić information content (AvgIpc) is 2.71. The summed E-state index contributed by atoms with van der Waals surface area (Å²) in [6.07, 6.45) is 4.62. The van der Waals surface area contributed by atoms with Gasteiger partial charge in [-0.1, -0.05) is 0 Å². The van der Waals surface area contributed by atoms with Crippen molar-refractivity contribution in [1.29, 1.82) is 0 Å². The predicted molar refractivity (Wildman–Crippen MR) is 46.5 cm³/mol. The van der Waals surface area contributed by atoms with Crippen LogP contribution in [0.25, 0.3) is 0 Å². The molecule has 1 aliphatic rings. The Hall–Kier alpha value is -1.16. The lowest BCUT2D eigenvalue weighted by Crippen LogP contribution is -2.00. The molecule has 2 rings (SSSR count). The van der Waals surface area contributed by atoms with Crippen LogP contribution < -0.4 is 0 Å². The summed E-state index contributed by atoms with van der Waals surface area (Å²) in [5.74, 6) is 0. The van der Waals surface area contributed by atoms with Crippen molar-refractivity contribution in [2.45, 2.75) is 18.9 Å². The second-order valence-corrected chi connectivity index (χ2v) is 3.26. The molecule has 1 unspecified atom stereocenters. The Kier molecular flexibility index (Phi) is 2.14.